The molecule has 0 aromatic heterocycles. The number of likely N-dealkylation sites (tertiary alicyclic amines) is 2. The number of hydrogen-bond donors (Lipinski definition) is 1. The number of fused-ring (bicyclic) bond motifs is 1. The average molecular weight is 223 g/mol. The Morgan fingerprint density at radius 3 is 2.44 bits per heavy atom. The summed E-state index contributed by atoms with van der Waals surface area (Å²) in [7, 11) is 2.11. The molecule has 3 fully saturated rings. The number of amides is 1. The Morgan fingerprint density at radius 1 is 1.19 bits per heavy atom. The highest BCUT2D eigenvalue weighted by atomic mass is 16.2. The molecule has 3 atom stereocenters. The molecule has 3 saturated heterocycles. The van der Waals surface area contributed by atoms with E-state index < -0.39 is 0 Å². The third kappa shape index (κ3) is 1.74. The SMILES string of the molecule is CN1CCC(C(=O)N2CC3CNCC3C2)C1. The van der Waals surface area contributed by atoms with Crippen molar-refractivity contribution in [2.75, 3.05) is 46.3 Å². The fourth-order valence-electron chi connectivity index (χ4n) is 3.43. The lowest BCUT2D eigenvalue weighted by molar-refractivity contribution is -0.134. The van der Waals surface area contributed by atoms with Crippen molar-refractivity contribution in [2.24, 2.45) is 17.8 Å². The van der Waals surface area contributed by atoms with Crippen molar-refractivity contribution >= 4 is 5.91 Å². The second kappa shape index (κ2) is 4.00. The Kier molecular flexibility index (Phi) is 2.64. The Hall–Kier alpha value is -0.610. The van der Waals surface area contributed by atoms with Crippen LogP contribution in [0.2, 0.25) is 0 Å². The zero-order valence-electron chi connectivity index (χ0n) is 9.98. The molecule has 3 aliphatic heterocycles. The number of nitrogens with one attached hydrogen (secondary N) is 1. The summed E-state index contributed by atoms with van der Waals surface area (Å²) in [4.78, 5) is 16.7. The van der Waals surface area contributed by atoms with E-state index in [-0.39, 0.29) is 5.92 Å². The molecule has 0 aromatic rings. The molecule has 3 heterocycles. The van der Waals surface area contributed by atoms with Gasteiger partial charge < -0.3 is 15.1 Å². The van der Waals surface area contributed by atoms with Gasteiger partial charge in [0.25, 0.3) is 0 Å². The van der Waals surface area contributed by atoms with Gasteiger partial charge in [-0.2, -0.15) is 0 Å². The zero-order valence-corrected chi connectivity index (χ0v) is 9.98. The summed E-state index contributed by atoms with van der Waals surface area (Å²) in [5, 5.41) is 3.41. The first-order valence-electron chi connectivity index (χ1n) is 6.42. The molecule has 0 aromatic carbocycles. The third-order valence-corrected chi connectivity index (χ3v) is 4.44. The summed E-state index contributed by atoms with van der Waals surface area (Å²) in [6.07, 6.45) is 1.05. The summed E-state index contributed by atoms with van der Waals surface area (Å²) in [6.45, 7) is 6.26. The topological polar surface area (TPSA) is 35.6 Å². The van der Waals surface area contributed by atoms with Crippen LogP contribution in [-0.2, 0) is 4.79 Å². The molecule has 0 aliphatic carbocycles. The molecule has 4 heteroatoms. The van der Waals surface area contributed by atoms with Crippen LogP contribution >= 0.6 is 0 Å². The lowest BCUT2D eigenvalue weighted by atomic mass is 10.0. The molecule has 16 heavy (non-hydrogen) atoms. The molecule has 90 valence electrons. The molecule has 3 unspecified atom stereocenters. The van der Waals surface area contributed by atoms with Crippen LogP contribution in [0, 0.1) is 17.8 Å². The van der Waals surface area contributed by atoms with Crippen LogP contribution in [0.1, 0.15) is 6.42 Å². The smallest absolute Gasteiger partial charge is 0.227 e. The molecule has 0 saturated carbocycles. The standard InChI is InChI=1S/C12H21N3O/c1-14-3-2-9(6-14)12(16)15-7-10-4-13-5-11(10)8-15/h9-11,13H,2-8H2,1H3. The molecule has 3 rings (SSSR count). The van der Waals surface area contributed by atoms with E-state index >= 15 is 0 Å². The maximum Gasteiger partial charge on any atom is 0.227 e. The van der Waals surface area contributed by atoms with Gasteiger partial charge in [-0.3, -0.25) is 4.79 Å². The van der Waals surface area contributed by atoms with Gasteiger partial charge in [-0.25, -0.2) is 0 Å². The molecule has 3 aliphatic rings. The molecule has 1 amide bonds. The largest absolute Gasteiger partial charge is 0.342 e. The number of hydrogen-bond acceptors (Lipinski definition) is 3. The maximum absolute atomic E-state index is 12.3. The summed E-state index contributed by atoms with van der Waals surface area (Å²) in [5.41, 5.74) is 0. The molecule has 1 N–H and O–H groups in total. The highest BCUT2D eigenvalue weighted by Crippen LogP contribution is 2.28. The van der Waals surface area contributed by atoms with Gasteiger partial charge in [-0.15, -0.1) is 0 Å². The number of nitrogens with zero attached hydrogens (tertiary/aromatic N) is 2. The lowest BCUT2D eigenvalue weighted by Gasteiger charge is -2.21. The Bertz CT molecular complexity index is 282. The molecular formula is C12H21N3O. The first-order valence-corrected chi connectivity index (χ1v) is 6.42. The van der Waals surface area contributed by atoms with E-state index in [2.05, 4.69) is 22.2 Å². The van der Waals surface area contributed by atoms with Crippen LogP contribution < -0.4 is 5.32 Å². The normalized spacial score (nSPS) is 39.3. The molecular weight excluding hydrogens is 202 g/mol. The first-order chi connectivity index (χ1) is 7.74. The molecule has 0 radical (unpaired) electrons. The summed E-state index contributed by atoms with van der Waals surface area (Å²) < 4.78 is 0. The second-order valence-electron chi connectivity index (χ2n) is 5.67. The van der Waals surface area contributed by atoms with Crippen LogP contribution in [0.15, 0.2) is 0 Å². The van der Waals surface area contributed by atoms with E-state index in [0.29, 0.717) is 5.91 Å². The van der Waals surface area contributed by atoms with Gasteiger partial charge in [0.15, 0.2) is 0 Å². The number of carbonyl (C=O) groups is 1. The van der Waals surface area contributed by atoms with E-state index in [0.717, 1.165) is 57.5 Å². The van der Waals surface area contributed by atoms with Gasteiger partial charge in [-0.05, 0) is 31.8 Å². The highest BCUT2D eigenvalue weighted by Gasteiger charge is 2.40. The Morgan fingerprint density at radius 2 is 1.88 bits per heavy atom. The van der Waals surface area contributed by atoms with Crippen molar-refractivity contribution in [3.63, 3.8) is 0 Å². The van der Waals surface area contributed by atoms with E-state index in [9.17, 15) is 4.79 Å². The predicted molar refractivity (Wildman–Crippen MR) is 62.0 cm³/mol. The van der Waals surface area contributed by atoms with Crippen LogP contribution in [0.25, 0.3) is 0 Å². The lowest BCUT2D eigenvalue weighted by Crippen LogP contribution is -2.37. The van der Waals surface area contributed by atoms with E-state index in [1.54, 1.807) is 0 Å². The average Bonchev–Trinajstić information content (AvgIpc) is 2.89. The van der Waals surface area contributed by atoms with Gasteiger partial charge in [0.1, 0.15) is 0 Å². The minimum absolute atomic E-state index is 0.275. The van der Waals surface area contributed by atoms with Crippen LogP contribution in [0.5, 0.6) is 0 Å². The van der Waals surface area contributed by atoms with Gasteiger partial charge in [0.05, 0.1) is 5.92 Å². The summed E-state index contributed by atoms with van der Waals surface area (Å²) >= 11 is 0. The Labute approximate surface area is 97.0 Å². The van der Waals surface area contributed by atoms with Crippen LogP contribution in [0.4, 0.5) is 0 Å². The minimum atomic E-state index is 0.275. The minimum Gasteiger partial charge on any atom is -0.342 e. The van der Waals surface area contributed by atoms with Crippen molar-refractivity contribution in [1.29, 1.82) is 0 Å². The number of rotatable bonds is 1. The molecule has 0 spiro atoms. The molecule has 4 nitrogen and oxygen atoms in total. The molecule has 0 bridgehead atoms. The fourth-order valence-corrected chi connectivity index (χ4v) is 3.43. The van der Waals surface area contributed by atoms with Gasteiger partial charge >= 0.3 is 0 Å². The Balaban J connectivity index is 1.60. The summed E-state index contributed by atoms with van der Waals surface area (Å²) in [5.74, 6) is 2.14. The quantitative estimate of drug-likeness (QED) is 0.658. The van der Waals surface area contributed by atoms with E-state index in [1.807, 2.05) is 0 Å². The second-order valence-corrected chi connectivity index (χ2v) is 5.67. The van der Waals surface area contributed by atoms with Crippen LogP contribution in [0.3, 0.4) is 0 Å². The first kappa shape index (κ1) is 10.5. The number of carbonyl (C=O) groups excluding carboxylic acids is 1. The van der Waals surface area contributed by atoms with E-state index in [4.69, 9.17) is 0 Å². The van der Waals surface area contributed by atoms with Crippen molar-refractivity contribution in [1.82, 2.24) is 15.1 Å². The summed E-state index contributed by atoms with van der Waals surface area (Å²) in [6, 6.07) is 0. The highest BCUT2D eigenvalue weighted by molar-refractivity contribution is 5.79. The maximum atomic E-state index is 12.3. The van der Waals surface area contributed by atoms with Crippen LogP contribution in [-0.4, -0.2) is 62.0 Å². The predicted octanol–water partition coefficient (Wildman–Crippen LogP) is -0.384. The zero-order chi connectivity index (χ0) is 11.1. The monoisotopic (exact) mass is 223 g/mol. The van der Waals surface area contributed by atoms with Gasteiger partial charge in [0, 0.05) is 32.7 Å². The van der Waals surface area contributed by atoms with E-state index in [1.165, 1.54) is 0 Å². The third-order valence-electron chi connectivity index (χ3n) is 4.44. The van der Waals surface area contributed by atoms with Gasteiger partial charge in [0.2, 0.25) is 5.91 Å². The van der Waals surface area contributed by atoms with Crippen molar-refractivity contribution in [3.05, 3.63) is 0 Å². The van der Waals surface area contributed by atoms with Crippen molar-refractivity contribution in [2.45, 2.75) is 6.42 Å². The van der Waals surface area contributed by atoms with Gasteiger partial charge in [-0.1, -0.05) is 0 Å². The van der Waals surface area contributed by atoms with Crippen molar-refractivity contribution in [3.8, 4) is 0 Å². The van der Waals surface area contributed by atoms with Crippen molar-refractivity contribution < 1.29 is 4.79 Å². The fraction of sp³-hybridized carbons (Fsp3) is 0.917.